The molecule has 4 nitrogen and oxygen atoms in total. The highest BCUT2D eigenvalue weighted by Crippen LogP contribution is 2.38. The number of nitrogens with one attached hydrogen (secondary N) is 1. The molecule has 0 unspecified atom stereocenters. The molecule has 1 aromatic carbocycles. The van der Waals surface area contributed by atoms with Crippen molar-refractivity contribution in [3.8, 4) is 0 Å². The molecule has 0 saturated heterocycles. The van der Waals surface area contributed by atoms with E-state index in [9.17, 15) is 0 Å². The number of aromatic nitrogens is 3. The van der Waals surface area contributed by atoms with Gasteiger partial charge < -0.3 is 9.88 Å². The first-order valence-electron chi connectivity index (χ1n) is 7.04. The van der Waals surface area contributed by atoms with Gasteiger partial charge in [-0.1, -0.05) is 24.3 Å². The maximum Gasteiger partial charge on any atom is 0.150 e. The van der Waals surface area contributed by atoms with Gasteiger partial charge in [0.05, 0.1) is 6.04 Å². The molecule has 1 aliphatic carbocycles. The number of fused-ring (bicyclic) bond motifs is 1. The van der Waals surface area contributed by atoms with Crippen LogP contribution in [0, 0.1) is 6.92 Å². The predicted octanol–water partition coefficient (Wildman–Crippen LogP) is 2.31. The normalized spacial score (nSPS) is 22.3. The summed E-state index contributed by atoms with van der Waals surface area (Å²) >= 11 is 0. The van der Waals surface area contributed by atoms with Crippen molar-refractivity contribution in [1.82, 2.24) is 20.1 Å². The third kappa shape index (κ3) is 1.87. The van der Waals surface area contributed by atoms with Crippen molar-refractivity contribution in [2.45, 2.75) is 44.8 Å². The Kier molecular flexibility index (Phi) is 2.45. The van der Waals surface area contributed by atoms with Crippen molar-refractivity contribution >= 4 is 0 Å². The second-order valence-corrected chi connectivity index (χ2v) is 5.61. The van der Waals surface area contributed by atoms with Crippen LogP contribution in [-0.2, 0) is 13.0 Å². The Morgan fingerprint density at radius 1 is 1.16 bits per heavy atom. The standard InChI is InChI=1S/C15H18N4/c1-10-17-18-15(19(10)13-6-7-13)14-8-11-4-2-3-5-12(11)9-16-14/h2-5,13-14,16H,6-9H2,1H3/t14-/m0/s1. The topological polar surface area (TPSA) is 42.7 Å². The fourth-order valence-electron chi connectivity index (χ4n) is 3.04. The van der Waals surface area contributed by atoms with Crippen molar-refractivity contribution in [2.75, 3.05) is 0 Å². The summed E-state index contributed by atoms with van der Waals surface area (Å²) in [5.74, 6) is 2.17. The number of aryl methyl sites for hydroxylation is 1. The van der Waals surface area contributed by atoms with Gasteiger partial charge in [-0.05, 0) is 37.3 Å². The minimum atomic E-state index is 0.302. The van der Waals surface area contributed by atoms with Crippen molar-refractivity contribution in [3.63, 3.8) is 0 Å². The first kappa shape index (κ1) is 11.2. The molecule has 1 atom stereocenters. The first-order valence-corrected chi connectivity index (χ1v) is 7.04. The van der Waals surface area contributed by atoms with Gasteiger partial charge in [0.1, 0.15) is 5.82 Å². The monoisotopic (exact) mass is 254 g/mol. The average molecular weight is 254 g/mol. The number of nitrogens with zero attached hydrogens (tertiary/aromatic N) is 3. The molecule has 1 saturated carbocycles. The Morgan fingerprint density at radius 2 is 1.95 bits per heavy atom. The molecule has 2 heterocycles. The van der Waals surface area contributed by atoms with E-state index < -0.39 is 0 Å². The SMILES string of the molecule is Cc1nnc([C@@H]2Cc3ccccc3CN2)n1C1CC1. The number of benzene rings is 1. The molecular formula is C15H18N4. The lowest BCUT2D eigenvalue weighted by Crippen LogP contribution is -2.30. The third-order valence-corrected chi connectivity index (χ3v) is 4.20. The van der Waals surface area contributed by atoms with Crippen molar-refractivity contribution < 1.29 is 0 Å². The van der Waals surface area contributed by atoms with E-state index in [1.165, 1.54) is 24.0 Å². The summed E-state index contributed by atoms with van der Waals surface area (Å²) in [6.45, 7) is 2.99. The van der Waals surface area contributed by atoms with E-state index in [-0.39, 0.29) is 0 Å². The Balaban J connectivity index is 1.68. The maximum atomic E-state index is 4.42. The quantitative estimate of drug-likeness (QED) is 0.894. The maximum absolute atomic E-state index is 4.42. The predicted molar refractivity (Wildman–Crippen MR) is 72.8 cm³/mol. The zero-order valence-electron chi connectivity index (χ0n) is 11.1. The summed E-state index contributed by atoms with van der Waals surface area (Å²) in [5.41, 5.74) is 2.85. The Morgan fingerprint density at radius 3 is 2.74 bits per heavy atom. The Labute approximate surface area is 112 Å². The molecule has 1 aliphatic heterocycles. The van der Waals surface area contributed by atoms with E-state index in [4.69, 9.17) is 0 Å². The highest BCUT2D eigenvalue weighted by molar-refractivity contribution is 5.31. The summed E-state index contributed by atoms with van der Waals surface area (Å²) in [4.78, 5) is 0. The molecule has 0 spiro atoms. The average Bonchev–Trinajstić information content (AvgIpc) is 3.21. The second-order valence-electron chi connectivity index (χ2n) is 5.61. The molecular weight excluding hydrogens is 236 g/mol. The van der Waals surface area contributed by atoms with Crippen LogP contribution in [0.1, 0.15) is 47.7 Å². The molecule has 1 aromatic heterocycles. The van der Waals surface area contributed by atoms with Crippen LogP contribution in [0.4, 0.5) is 0 Å². The molecule has 1 N–H and O–H groups in total. The van der Waals surface area contributed by atoms with E-state index >= 15 is 0 Å². The van der Waals surface area contributed by atoms with E-state index in [1.54, 1.807) is 0 Å². The van der Waals surface area contributed by atoms with Gasteiger partial charge in [-0.2, -0.15) is 0 Å². The highest BCUT2D eigenvalue weighted by atomic mass is 15.3. The molecule has 4 rings (SSSR count). The highest BCUT2D eigenvalue weighted by Gasteiger charge is 2.32. The molecule has 19 heavy (non-hydrogen) atoms. The van der Waals surface area contributed by atoms with Crippen LogP contribution in [0.3, 0.4) is 0 Å². The molecule has 0 radical (unpaired) electrons. The third-order valence-electron chi connectivity index (χ3n) is 4.20. The fraction of sp³-hybridized carbons (Fsp3) is 0.467. The molecule has 2 aliphatic rings. The van der Waals surface area contributed by atoms with E-state index in [2.05, 4.69) is 51.3 Å². The van der Waals surface area contributed by atoms with Crippen LogP contribution in [-0.4, -0.2) is 14.8 Å². The van der Waals surface area contributed by atoms with Crippen LogP contribution in [0.25, 0.3) is 0 Å². The Hall–Kier alpha value is -1.68. The van der Waals surface area contributed by atoms with E-state index in [0.29, 0.717) is 12.1 Å². The minimum absolute atomic E-state index is 0.302. The van der Waals surface area contributed by atoms with Crippen molar-refractivity contribution in [3.05, 3.63) is 47.0 Å². The summed E-state index contributed by atoms with van der Waals surface area (Å²) in [6.07, 6.45) is 3.56. The molecule has 98 valence electrons. The minimum Gasteiger partial charge on any atom is -0.311 e. The second kappa shape index (κ2) is 4.17. The van der Waals surface area contributed by atoms with Crippen LogP contribution < -0.4 is 5.32 Å². The fourth-order valence-corrected chi connectivity index (χ4v) is 3.04. The van der Waals surface area contributed by atoms with Crippen LogP contribution in [0.5, 0.6) is 0 Å². The largest absolute Gasteiger partial charge is 0.311 e. The zero-order chi connectivity index (χ0) is 12.8. The molecule has 1 fully saturated rings. The lowest BCUT2D eigenvalue weighted by atomic mass is 9.95. The van der Waals surface area contributed by atoms with E-state index in [1.807, 2.05) is 0 Å². The van der Waals surface area contributed by atoms with Gasteiger partial charge >= 0.3 is 0 Å². The van der Waals surface area contributed by atoms with Gasteiger partial charge in [0.2, 0.25) is 0 Å². The Bertz CT molecular complexity index is 612. The first-order chi connectivity index (χ1) is 9.33. The summed E-state index contributed by atoms with van der Waals surface area (Å²) < 4.78 is 2.34. The van der Waals surface area contributed by atoms with Gasteiger partial charge in [0.25, 0.3) is 0 Å². The lowest BCUT2D eigenvalue weighted by Gasteiger charge is -2.26. The van der Waals surface area contributed by atoms with Crippen LogP contribution in [0.2, 0.25) is 0 Å². The molecule has 2 aromatic rings. The van der Waals surface area contributed by atoms with Gasteiger partial charge in [-0.3, -0.25) is 0 Å². The number of hydrogen-bond acceptors (Lipinski definition) is 3. The molecule has 0 bridgehead atoms. The summed E-state index contributed by atoms with van der Waals surface area (Å²) in [5, 5.41) is 12.3. The van der Waals surface area contributed by atoms with Crippen LogP contribution in [0.15, 0.2) is 24.3 Å². The summed E-state index contributed by atoms with van der Waals surface area (Å²) in [6, 6.07) is 9.61. The van der Waals surface area contributed by atoms with E-state index in [0.717, 1.165) is 24.6 Å². The zero-order valence-corrected chi connectivity index (χ0v) is 11.1. The van der Waals surface area contributed by atoms with Crippen molar-refractivity contribution in [2.24, 2.45) is 0 Å². The lowest BCUT2D eigenvalue weighted by molar-refractivity contribution is 0.453. The molecule has 0 amide bonds. The number of rotatable bonds is 2. The van der Waals surface area contributed by atoms with Crippen LogP contribution >= 0.6 is 0 Å². The van der Waals surface area contributed by atoms with Gasteiger partial charge in [-0.25, -0.2) is 0 Å². The van der Waals surface area contributed by atoms with Gasteiger partial charge in [0, 0.05) is 12.6 Å². The smallest absolute Gasteiger partial charge is 0.150 e. The van der Waals surface area contributed by atoms with Gasteiger partial charge in [-0.15, -0.1) is 10.2 Å². The summed E-state index contributed by atoms with van der Waals surface area (Å²) in [7, 11) is 0. The number of hydrogen-bond donors (Lipinski definition) is 1. The van der Waals surface area contributed by atoms with Crippen molar-refractivity contribution in [1.29, 1.82) is 0 Å². The molecule has 4 heteroatoms. The van der Waals surface area contributed by atoms with Gasteiger partial charge in [0.15, 0.2) is 5.82 Å².